The van der Waals surface area contributed by atoms with Gasteiger partial charge in [0.2, 0.25) is 0 Å². The second-order valence-corrected chi connectivity index (χ2v) is 9.09. The van der Waals surface area contributed by atoms with E-state index in [2.05, 4.69) is 30.9 Å². The summed E-state index contributed by atoms with van der Waals surface area (Å²) < 4.78 is 5.83. The fourth-order valence-electron chi connectivity index (χ4n) is 4.51. The molecule has 1 atom stereocenters. The summed E-state index contributed by atoms with van der Waals surface area (Å²) in [4.78, 5) is 18.6. The maximum Gasteiger partial charge on any atom is 0.255 e. The van der Waals surface area contributed by atoms with Gasteiger partial charge >= 0.3 is 0 Å². The van der Waals surface area contributed by atoms with Crippen molar-refractivity contribution in [2.24, 2.45) is 11.3 Å². The molecule has 0 aromatic carbocycles. The molecule has 4 rings (SSSR count). The molecular formula is C22H29N3O2. The zero-order chi connectivity index (χ0) is 19.0. The third-order valence-corrected chi connectivity index (χ3v) is 6.37. The van der Waals surface area contributed by atoms with E-state index in [0.29, 0.717) is 22.8 Å². The van der Waals surface area contributed by atoms with Gasteiger partial charge in [0.1, 0.15) is 5.76 Å². The second kappa shape index (κ2) is 7.10. The van der Waals surface area contributed by atoms with Crippen molar-refractivity contribution >= 4 is 5.91 Å². The number of fused-ring (bicyclic) bond motifs is 1. The van der Waals surface area contributed by atoms with Crippen molar-refractivity contribution in [2.75, 3.05) is 13.1 Å². The highest BCUT2D eigenvalue weighted by Gasteiger charge is 2.35. The van der Waals surface area contributed by atoms with Crippen molar-refractivity contribution in [2.45, 2.75) is 58.8 Å². The van der Waals surface area contributed by atoms with Crippen molar-refractivity contribution in [3.8, 4) is 0 Å². The molecule has 0 spiro atoms. The number of hydrogen-bond acceptors (Lipinski definition) is 4. The minimum atomic E-state index is 0.0777. The van der Waals surface area contributed by atoms with Gasteiger partial charge in [0.25, 0.3) is 5.91 Å². The largest absolute Gasteiger partial charge is 0.361 e. The normalized spacial score (nSPS) is 21.1. The van der Waals surface area contributed by atoms with E-state index in [0.717, 1.165) is 44.5 Å². The summed E-state index contributed by atoms with van der Waals surface area (Å²) >= 11 is 0. The predicted octanol–water partition coefficient (Wildman–Crippen LogP) is 4.24. The fourth-order valence-corrected chi connectivity index (χ4v) is 4.51. The van der Waals surface area contributed by atoms with Gasteiger partial charge in [0.15, 0.2) is 0 Å². The molecule has 27 heavy (non-hydrogen) atoms. The van der Waals surface area contributed by atoms with E-state index in [4.69, 9.17) is 4.52 Å². The molecule has 0 N–H and O–H groups in total. The summed E-state index contributed by atoms with van der Waals surface area (Å²) in [6.07, 6.45) is 8.52. The van der Waals surface area contributed by atoms with Gasteiger partial charge in [-0.25, -0.2) is 0 Å². The average Bonchev–Trinajstić information content (AvgIpc) is 3.11. The maximum absolute atomic E-state index is 12.6. The SMILES string of the molecule is CC(C)(C)C1CCc2noc(C3CCN(C(=O)c4cccnc4)CC3)c2C1. The number of pyridine rings is 1. The Morgan fingerprint density at radius 1 is 1.22 bits per heavy atom. The van der Waals surface area contributed by atoms with Crippen LogP contribution >= 0.6 is 0 Å². The fraction of sp³-hybridized carbons (Fsp3) is 0.591. The van der Waals surface area contributed by atoms with Crippen molar-refractivity contribution in [3.63, 3.8) is 0 Å². The first-order valence-electron chi connectivity index (χ1n) is 10.1. The summed E-state index contributed by atoms with van der Waals surface area (Å²) in [5.41, 5.74) is 3.50. The molecule has 2 aliphatic rings. The van der Waals surface area contributed by atoms with Crippen LogP contribution in [0.25, 0.3) is 0 Å². The molecule has 1 saturated heterocycles. The van der Waals surface area contributed by atoms with Crippen LogP contribution < -0.4 is 0 Å². The minimum Gasteiger partial charge on any atom is -0.361 e. The molecule has 1 unspecified atom stereocenters. The van der Waals surface area contributed by atoms with E-state index in [9.17, 15) is 4.79 Å². The summed E-state index contributed by atoms with van der Waals surface area (Å²) in [6, 6.07) is 3.65. The highest BCUT2D eigenvalue weighted by atomic mass is 16.5. The molecule has 1 fully saturated rings. The molecule has 0 bridgehead atoms. The zero-order valence-electron chi connectivity index (χ0n) is 16.6. The van der Waals surface area contributed by atoms with Crippen LogP contribution in [0, 0.1) is 11.3 Å². The van der Waals surface area contributed by atoms with Gasteiger partial charge in [-0.15, -0.1) is 0 Å². The first kappa shape index (κ1) is 18.2. The molecule has 2 aromatic heterocycles. The van der Waals surface area contributed by atoms with Crippen LogP contribution in [0.5, 0.6) is 0 Å². The van der Waals surface area contributed by atoms with Gasteiger partial charge in [-0.1, -0.05) is 25.9 Å². The molecule has 1 amide bonds. The number of aromatic nitrogens is 2. The lowest BCUT2D eigenvalue weighted by Crippen LogP contribution is -2.38. The van der Waals surface area contributed by atoms with Crippen LogP contribution in [-0.4, -0.2) is 34.0 Å². The van der Waals surface area contributed by atoms with Gasteiger partial charge in [-0.05, 0) is 55.6 Å². The summed E-state index contributed by atoms with van der Waals surface area (Å²) in [7, 11) is 0. The number of carbonyl (C=O) groups excluding carboxylic acids is 1. The molecule has 144 valence electrons. The predicted molar refractivity (Wildman–Crippen MR) is 104 cm³/mol. The first-order chi connectivity index (χ1) is 12.9. The second-order valence-electron chi connectivity index (χ2n) is 9.09. The zero-order valence-corrected chi connectivity index (χ0v) is 16.6. The molecule has 3 heterocycles. The number of carbonyl (C=O) groups is 1. The standard InChI is InChI=1S/C22H29N3O2/c1-22(2,3)17-6-7-19-18(13-17)20(27-24-19)15-8-11-25(12-9-15)21(26)16-5-4-10-23-14-16/h4-5,10,14-15,17H,6-9,11-13H2,1-3H3. The Hall–Kier alpha value is -2.17. The van der Waals surface area contributed by atoms with E-state index >= 15 is 0 Å². The number of nitrogens with zero attached hydrogens (tertiary/aromatic N) is 3. The van der Waals surface area contributed by atoms with E-state index in [-0.39, 0.29) is 5.91 Å². The van der Waals surface area contributed by atoms with Gasteiger partial charge < -0.3 is 9.42 Å². The molecule has 2 aromatic rings. The summed E-state index contributed by atoms with van der Waals surface area (Å²) in [5.74, 6) is 2.22. The number of rotatable bonds is 2. The molecule has 0 saturated carbocycles. The topological polar surface area (TPSA) is 59.2 Å². The third-order valence-electron chi connectivity index (χ3n) is 6.37. The Morgan fingerprint density at radius 2 is 2.00 bits per heavy atom. The molecule has 5 nitrogen and oxygen atoms in total. The smallest absolute Gasteiger partial charge is 0.255 e. The monoisotopic (exact) mass is 367 g/mol. The van der Waals surface area contributed by atoms with Crippen molar-refractivity contribution in [1.29, 1.82) is 0 Å². The third kappa shape index (κ3) is 3.64. The van der Waals surface area contributed by atoms with Crippen LogP contribution in [-0.2, 0) is 12.8 Å². The summed E-state index contributed by atoms with van der Waals surface area (Å²) in [6.45, 7) is 8.52. The Kier molecular flexibility index (Phi) is 4.79. The number of piperidine rings is 1. The van der Waals surface area contributed by atoms with Crippen molar-refractivity contribution < 1.29 is 9.32 Å². The Balaban J connectivity index is 1.44. The molecule has 5 heteroatoms. The van der Waals surface area contributed by atoms with E-state index in [1.807, 2.05) is 17.0 Å². The molecule has 1 aliphatic heterocycles. The maximum atomic E-state index is 12.6. The van der Waals surface area contributed by atoms with Crippen molar-refractivity contribution in [1.82, 2.24) is 15.0 Å². The van der Waals surface area contributed by atoms with Gasteiger partial charge in [0, 0.05) is 37.0 Å². The van der Waals surface area contributed by atoms with Gasteiger partial charge in [-0.3, -0.25) is 9.78 Å². The van der Waals surface area contributed by atoms with E-state index in [1.54, 1.807) is 12.4 Å². The lowest BCUT2D eigenvalue weighted by atomic mass is 9.71. The molecule has 1 aliphatic carbocycles. The number of amides is 1. The quantitative estimate of drug-likeness (QED) is 0.796. The Labute approximate surface area is 161 Å². The van der Waals surface area contributed by atoms with Crippen LogP contribution in [0.1, 0.15) is 73.3 Å². The van der Waals surface area contributed by atoms with Gasteiger partial charge in [0.05, 0.1) is 11.3 Å². The average molecular weight is 367 g/mol. The highest BCUT2D eigenvalue weighted by molar-refractivity contribution is 5.93. The van der Waals surface area contributed by atoms with E-state index < -0.39 is 0 Å². The van der Waals surface area contributed by atoms with E-state index in [1.165, 1.54) is 17.7 Å². The Bertz CT molecular complexity index is 799. The highest BCUT2D eigenvalue weighted by Crippen LogP contribution is 2.41. The van der Waals surface area contributed by atoms with Crippen molar-refractivity contribution in [3.05, 3.63) is 47.1 Å². The van der Waals surface area contributed by atoms with Gasteiger partial charge in [-0.2, -0.15) is 0 Å². The Morgan fingerprint density at radius 3 is 2.67 bits per heavy atom. The lowest BCUT2D eigenvalue weighted by Gasteiger charge is -2.35. The minimum absolute atomic E-state index is 0.0777. The first-order valence-corrected chi connectivity index (χ1v) is 10.1. The number of likely N-dealkylation sites (tertiary alicyclic amines) is 1. The number of aryl methyl sites for hydroxylation is 1. The summed E-state index contributed by atoms with van der Waals surface area (Å²) in [5, 5.41) is 4.39. The van der Waals surface area contributed by atoms with Crippen LogP contribution in [0.2, 0.25) is 0 Å². The lowest BCUT2D eigenvalue weighted by molar-refractivity contribution is 0.0705. The van der Waals surface area contributed by atoms with Crippen LogP contribution in [0.15, 0.2) is 29.0 Å². The molecule has 0 radical (unpaired) electrons. The van der Waals surface area contributed by atoms with Crippen LogP contribution in [0.4, 0.5) is 0 Å². The van der Waals surface area contributed by atoms with Crippen LogP contribution in [0.3, 0.4) is 0 Å². The number of hydrogen-bond donors (Lipinski definition) is 0. The molecular weight excluding hydrogens is 338 g/mol.